The minimum Gasteiger partial charge on any atom is -0.354 e. The number of carbonyl (C=O) groups is 1. The van der Waals surface area contributed by atoms with Gasteiger partial charge in [0.25, 0.3) is 0 Å². The number of thiazole rings is 1. The van der Waals surface area contributed by atoms with Gasteiger partial charge in [-0.25, -0.2) is 9.37 Å². The summed E-state index contributed by atoms with van der Waals surface area (Å²) in [5.74, 6) is -0.701. The molecule has 2 rings (SSSR count). The number of nitriles is 1. The van der Waals surface area contributed by atoms with Gasteiger partial charge < -0.3 is 5.32 Å². The predicted octanol–water partition coefficient (Wildman–Crippen LogP) is 2.77. The molecular weight excluding hydrogens is 289 g/mol. The molecule has 0 aliphatic rings. The average Bonchev–Trinajstić information content (AvgIpc) is 2.93. The molecule has 0 saturated heterocycles. The Morgan fingerprint density at radius 3 is 3.10 bits per heavy atom. The molecule has 0 fully saturated rings. The first-order valence-electron chi connectivity index (χ1n) is 6.45. The maximum atomic E-state index is 13.2. The molecule has 0 bridgehead atoms. The second-order valence-corrected chi connectivity index (χ2v) is 5.52. The van der Waals surface area contributed by atoms with Gasteiger partial charge in [-0.2, -0.15) is 5.26 Å². The van der Waals surface area contributed by atoms with Crippen LogP contribution in [0.1, 0.15) is 12.6 Å². The minimum absolute atomic E-state index is 0.157. The third-order valence-electron chi connectivity index (χ3n) is 2.79. The molecule has 4 nitrogen and oxygen atoms in total. The molecular formula is C15H14FN3OS. The van der Waals surface area contributed by atoms with Crippen molar-refractivity contribution in [1.82, 2.24) is 10.3 Å². The monoisotopic (exact) mass is 303 g/mol. The van der Waals surface area contributed by atoms with Gasteiger partial charge in [-0.15, -0.1) is 11.3 Å². The number of amides is 1. The number of hydrogen-bond acceptors (Lipinski definition) is 4. The van der Waals surface area contributed by atoms with Crippen molar-refractivity contribution in [2.45, 2.75) is 13.3 Å². The standard InChI is InChI=1S/C15H14FN3OS/c1-10(7-17)8-18-14(20)6-13-9-21-15(19-13)11-3-2-4-12(16)5-11/h2-5,9-10H,6,8H2,1H3,(H,18,20). The van der Waals surface area contributed by atoms with Gasteiger partial charge in [0.2, 0.25) is 5.91 Å². The summed E-state index contributed by atoms with van der Waals surface area (Å²) >= 11 is 1.37. The summed E-state index contributed by atoms with van der Waals surface area (Å²) in [6, 6.07) is 8.25. The number of halogens is 1. The summed E-state index contributed by atoms with van der Waals surface area (Å²) < 4.78 is 13.2. The van der Waals surface area contributed by atoms with Crippen molar-refractivity contribution in [3.63, 3.8) is 0 Å². The second kappa shape index (κ2) is 6.95. The highest BCUT2D eigenvalue weighted by Gasteiger charge is 2.10. The van der Waals surface area contributed by atoms with E-state index >= 15 is 0 Å². The van der Waals surface area contributed by atoms with Gasteiger partial charge in [-0.3, -0.25) is 4.79 Å². The fraction of sp³-hybridized carbons (Fsp3) is 0.267. The van der Waals surface area contributed by atoms with Crippen LogP contribution in [0.3, 0.4) is 0 Å². The van der Waals surface area contributed by atoms with Crippen LogP contribution in [0.15, 0.2) is 29.6 Å². The smallest absolute Gasteiger partial charge is 0.226 e. The second-order valence-electron chi connectivity index (χ2n) is 4.67. The third kappa shape index (κ3) is 4.36. The van der Waals surface area contributed by atoms with Gasteiger partial charge in [0.15, 0.2) is 0 Å². The zero-order valence-electron chi connectivity index (χ0n) is 11.5. The predicted molar refractivity (Wildman–Crippen MR) is 79.0 cm³/mol. The van der Waals surface area contributed by atoms with Gasteiger partial charge in [-0.1, -0.05) is 12.1 Å². The number of benzene rings is 1. The van der Waals surface area contributed by atoms with E-state index in [1.54, 1.807) is 24.4 Å². The fourth-order valence-electron chi connectivity index (χ4n) is 1.68. The molecule has 21 heavy (non-hydrogen) atoms. The van der Waals surface area contributed by atoms with E-state index in [1.165, 1.54) is 23.5 Å². The van der Waals surface area contributed by atoms with E-state index in [-0.39, 0.29) is 24.1 Å². The topological polar surface area (TPSA) is 65.8 Å². The molecule has 1 unspecified atom stereocenters. The Balaban J connectivity index is 1.97. The molecule has 1 aromatic heterocycles. The quantitative estimate of drug-likeness (QED) is 0.923. The Morgan fingerprint density at radius 1 is 1.57 bits per heavy atom. The van der Waals surface area contributed by atoms with E-state index in [1.807, 2.05) is 0 Å². The van der Waals surface area contributed by atoms with E-state index in [2.05, 4.69) is 16.4 Å². The van der Waals surface area contributed by atoms with Crippen LogP contribution in [0.5, 0.6) is 0 Å². The maximum absolute atomic E-state index is 13.2. The molecule has 1 atom stereocenters. The largest absolute Gasteiger partial charge is 0.354 e. The first-order chi connectivity index (χ1) is 10.1. The molecule has 6 heteroatoms. The molecule has 0 saturated carbocycles. The van der Waals surface area contributed by atoms with Crippen LogP contribution >= 0.6 is 11.3 Å². The van der Waals surface area contributed by atoms with E-state index < -0.39 is 0 Å². The summed E-state index contributed by atoms with van der Waals surface area (Å²) in [4.78, 5) is 16.1. The molecule has 1 amide bonds. The van der Waals surface area contributed by atoms with Crippen molar-refractivity contribution >= 4 is 17.2 Å². The summed E-state index contributed by atoms with van der Waals surface area (Å²) in [5.41, 5.74) is 1.34. The number of aromatic nitrogens is 1. The highest BCUT2D eigenvalue weighted by molar-refractivity contribution is 7.13. The Kier molecular flexibility index (Phi) is 5.01. The van der Waals surface area contributed by atoms with E-state index in [0.717, 1.165) is 0 Å². The fourth-order valence-corrected chi connectivity index (χ4v) is 2.50. The van der Waals surface area contributed by atoms with Crippen LogP contribution in [-0.2, 0) is 11.2 Å². The summed E-state index contributed by atoms with van der Waals surface area (Å²) in [5, 5.41) is 13.8. The number of nitrogens with one attached hydrogen (secondary N) is 1. The van der Waals surface area contributed by atoms with Crippen LogP contribution in [0.4, 0.5) is 4.39 Å². The molecule has 2 aromatic rings. The van der Waals surface area contributed by atoms with Crippen molar-refractivity contribution in [2.75, 3.05) is 6.54 Å². The highest BCUT2D eigenvalue weighted by atomic mass is 32.1. The Morgan fingerprint density at radius 2 is 2.38 bits per heavy atom. The lowest BCUT2D eigenvalue weighted by molar-refractivity contribution is -0.120. The number of hydrogen-bond donors (Lipinski definition) is 1. The van der Waals surface area contributed by atoms with Crippen LogP contribution in [-0.4, -0.2) is 17.4 Å². The first-order valence-corrected chi connectivity index (χ1v) is 7.33. The van der Waals surface area contributed by atoms with Crippen LogP contribution in [0.2, 0.25) is 0 Å². The molecule has 1 N–H and O–H groups in total. The lowest BCUT2D eigenvalue weighted by atomic mass is 10.2. The number of carbonyl (C=O) groups excluding carboxylic acids is 1. The van der Waals surface area contributed by atoms with Crippen LogP contribution < -0.4 is 5.32 Å². The Labute approximate surface area is 126 Å². The van der Waals surface area contributed by atoms with Crippen molar-refractivity contribution in [1.29, 1.82) is 5.26 Å². The molecule has 1 aromatic carbocycles. The van der Waals surface area contributed by atoms with Gasteiger partial charge in [0, 0.05) is 17.5 Å². The summed E-state index contributed by atoms with van der Waals surface area (Å²) in [6.45, 7) is 2.07. The van der Waals surface area contributed by atoms with Crippen LogP contribution in [0, 0.1) is 23.1 Å². The van der Waals surface area contributed by atoms with Crippen molar-refractivity contribution in [3.8, 4) is 16.6 Å². The normalized spacial score (nSPS) is 11.7. The molecule has 0 aliphatic heterocycles. The zero-order chi connectivity index (χ0) is 15.2. The van der Waals surface area contributed by atoms with Gasteiger partial charge >= 0.3 is 0 Å². The maximum Gasteiger partial charge on any atom is 0.226 e. The SMILES string of the molecule is CC(C#N)CNC(=O)Cc1csc(-c2cccc(F)c2)n1. The third-order valence-corrected chi connectivity index (χ3v) is 3.73. The molecule has 1 heterocycles. The van der Waals surface area contributed by atoms with Gasteiger partial charge in [-0.05, 0) is 19.1 Å². The molecule has 0 spiro atoms. The lowest BCUT2D eigenvalue weighted by Crippen LogP contribution is -2.29. The highest BCUT2D eigenvalue weighted by Crippen LogP contribution is 2.24. The van der Waals surface area contributed by atoms with Gasteiger partial charge in [0.05, 0.1) is 24.1 Å². The van der Waals surface area contributed by atoms with E-state index in [9.17, 15) is 9.18 Å². The zero-order valence-corrected chi connectivity index (χ0v) is 12.3. The van der Waals surface area contributed by atoms with Crippen molar-refractivity contribution in [3.05, 3.63) is 41.2 Å². The number of rotatable bonds is 5. The lowest BCUT2D eigenvalue weighted by Gasteiger charge is -2.04. The minimum atomic E-state index is -0.313. The number of nitrogens with zero attached hydrogens (tertiary/aromatic N) is 2. The molecule has 0 radical (unpaired) electrons. The van der Waals surface area contributed by atoms with E-state index in [0.29, 0.717) is 22.8 Å². The van der Waals surface area contributed by atoms with Crippen LogP contribution in [0.25, 0.3) is 10.6 Å². The summed E-state index contributed by atoms with van der Waals surface area (Å²) in [7, 11) is 0. The van der Waals surface area contributed by atoms with Crippen molar-refractivity contribution in [2.24, 2.45) is 5.92 Å². The first kappa shape index (κ1) is 15.1. The summed E-state index contributed by atoms with van der Waals surface area (Å²) in [6.07, 6.45) is 0.157. The average molecular weight is 303 g/mol. The van der Waals surface area contributed by atoms with E-state index in [4.69, 9.17) is 5.26 Å². The van der Waals surface area contributed by atoms with Gasteiger partial charge in [0.1, 0.15) is 10.8 Å². The van der Waals surface area contributed by atoms with Crippen molar-refractivity contribution < 1.29 is 9.18 Å². The molecule has 0 aliphatic carbocycles. The Bertz CT molecular complexity index is 678. The molecule has 108 valence electrons. The Hall–Kier alpha value is -2.26.